The lowest BCUT2D eigenvalue weighted by Gasteiger charge is -2.25. The third-order valence-corrected chi connectivity index (χ3v) is 5.59. The highest BCUT2D eigenvalue weighted by molar-refractivity contribution is 5.69. The first-order valence-electron chi connectivity index (χ1n) is 10.7. The Balaban J connectivity index is 1.73. The van der Waals surface area contributed by atoms with Gasteiger partial charge in [0.15, 0.2) is 0 Å². The van der Waals surface area contributed by atoms with E-state index in [9.17, 15) is 4.39 Å². The van der Waals surface area contributed by atoms with Crippen molar-refractivity contribution in [3.63, 3.8) is 0 Å². The summed E-state index contributed by atoms with van der Waals surface area (Å²) in [6.45, 7) is 9.01. The molecule has 6 nitrogen and oxygen atoms in total. The van der Waals surface area contributed by atoms with Crippen LogP contribution < -0.4 is 4.74 Å². The van der Waals surface area contributed by atoms with E-state index >= 15 is 0 Å². The largest absolute Gasteiger partial charge is 0.496 e. The Bertz CT molecular complexity index is 1050. The Labute approximate surface area is 182 Å². The molecule has 2 aromatic heterocycles. The minimum absolute atomic E-state index is 0.122. The van der Waals surface area contributed by atoms with E-state index in [0.29, 0.717) is 28.6 Å². The molecule has 3 aromatic rings. The molecule has 1 aliphatic heterocycles. The second kappa shape index (κ2) is 8.75. The standard InChI is InChI=1S/C24H29FN4O2/c1-24(2,3)23-28-20(15-29(23)14-16-8-10-31-11-9-16)18-12-26-13-19(27-18)22-17(25)6-5-7-21(22)30-4/h5-7,12-13,15-16H,8-11,14H2,1-4H3. The van der Waals surface area contributed by atoms with Gasteiger partial charge >= 0.3 is 0 Å². The molecule has 0 bridgehead atoms. The third-order valence-electron chi connectivity index (χ3n) is 5.59. The lowest BCUT2D eigenvalue weighted by molar-refractivity contribution is 0.0608. The van der Waals surface area contributed by atoms with Gasteiger partial charge in [-0.25, -0.2) is 14.4 Å². The van der Waals surface area contributed by atoms with Gasteiger partial charge in [0.25, 0.3) is 0 Å². The number of benzene rings is 1. The van der Waals surface area contributed by atoms with E-state index in [4.69, 9.17) is 14.5 Å². The van der Waals surface area contributed by atoms with Crippen molar-refractivity contribution in [3.8, 4) is 28.4 Å². The molecule has 0 spiro atoms. The number of imidazole rings is 1. The van der Waals surface area contributed by atoms with Crippen LogP contribution in [0.25, 0.3) is 22.6 Å². The van der Waals surface area contributed by atoms with Gasteiger partial charge in [0.1, 0.15) is 28.8 Å². The predicted octanol–water partition coefficient (Wildman–Crippen LogP) is 4.88. The van der Waals surface area contributed by atoms with E-state index in [1.54, 1.807) is 24.5 Å². The molecule has 0 atom stereocenters. The van der Waals surface area contributed by atoms with Gasteiger partial charge in [0, 0.05) is 31.4 Å². The Morgan fingerprint density at radius 2 is 1.84 bits per heavy atom. The molecular weight excluding hydrogens is 395 g/mol. The summed E-state index contributed by atoms with van der Waals surface area (Å²) in [6, 6.07) is 4.72. The van der Waals surface area contributed by atoms with E-state index < -0.39 is 5.82 Å². The molecule has 1 saturated heterocycles. The van der Waals surface area contributed by atoms with Crippen molar-refractivity contribution in [3.05, 3.63) is 48.4 Å². The minimum Gasteiger partial charge on any atom is -0.496 e. The lowest BCUT2D eigenvalue weighted by Crippen LogP contribution is -2.24. The maximum absolute atomic E-state index is 14.6. The second-order valence-electron chi connectivity index (χ2n) is 9.01. The average Bonchev–Trinajstić information content (AvgIpc) is 3.19. The fraction of sp³-hybridized carbons (Fsp3) is 0.458. The quantitative estimate of drug-likeness (QED) is 0.584. The van der Waals surface area contributed by atoms with Crippen LogP contribution in [0.5, 0.6) is 5.75 Å². The van der Waals surface area contributed by atoms with Gasteiger partial charge in [-0.15, -0.1) is 0 Å². The zero-order valence-corrected chi connectivity index (χ0v) is 18.6. The predicted molar refractivity (Wildman–Crippen MR) is 117 cm³/mol. The first-order valence-corrected chi connectivity index (χ1v) is 10.7. The molecule has 31 heavy (non-hydrogen) atoms. The zero-order chi connectivity index (χ0) is 22.0. The lowest BCUT2D eigenvalue weighted by atomic mass is 9.94. The van der Waals surface area contributed by atoms with Crippen LogP contribution in [0, 0.1) is 11.7 Å². The van der Waals surface area contributed by atoms with Crippen LogP contribution in [0.1, 0.15) is 39.4 Å². The Hall–Kier alpha value is -2.80. The van der Waals surface area contributed by atoms with Gasteiger partial charge in [-0.05, 0) is 30.9 Å². The fourth-order valence-electron chi connectivity index (χ4n) is 4.02. The van der Waals surface area contributed by atoms with Crippen molar-refractivity contribution < 1.29 is 13.9 Å². The van der Waals surface area contributed by atoms with E-state index in [1.165, 1.54) is 13.2 Å². The first-order chi connectivity index (χ1) is 14.9. The maximum atomic E-state index is 14.6. The normalized spacial score (nSPS) is 15.3. The van der Waals surface area contributed by atoms with E-state index in [2.05, 4.69) is 35.3 Å². The summed E-state index contributed by atoms with van der Waals surface area (Å²) in [7, 11) is 1.52. The van der Waals surface area contributed by atoms with E-state index in [1.807, 2.05) is 6.20 Å². The molecule has 1 fully saturated rings. The molecule has 0 radical (unpaired) electrons. The topological polar surface area (TPSA) is 62.1 Å². The van der Waals surface area contributed by atoms with Crippen molar-refractivity contribution >= 4 is 0 Å². The molecule has 1 aliphatic rings. The van der Waals surface area contributed by atoms with Gasteiger partial charge in [-0.2, -0.15) is 0 Å². The number of methoxy groups -OCH3 is 1. The number of halogens is 1. The molecule has 0 aliphatic carbocycles. The highest BCUT2D eigenvalue weighted by Crippen LogP contribution is 2.33. The van der Waals surface area contributed by atoms with E-state index in [-0.39, 0.29) is 5.41 Å². The van der Waals surface area contributed by atoms with Crippen LogP contribution in [-0.2, 0) is 16.7 Å². The van der Waals surface area contributed by atoms with Crippen molar-refractivity contribution in [1.82, 2.24) is 19.5 Å². The summed E-state index contributed by atoms with van der Waals surface area (Å²) in [4.78, 5) is 13.9. The zero-order valence-electron chi connectivity index (χ0n) is 18.6. The highest BCUT2D eigenvalue weighted by atomic mass is 19.1. The van der Waals surface area contributed by atoms with Gasteiger partial charge in [0.05, 0.1) is 30.8 Å². The van der Waals surface area contributed by atoms with Crippen LogP contribution >= 0.6 is 0 Å². The number of aromatic nitrogens is 4. The highest BCUT2D eigenvalue weighted by Gasteiger charge is 2.25. The molecular formula is C24H29FN4O2. The Morgan fingerprint density at radius 1 is 1.10 bits per heavy atom. The molecule has 164 valence electrons. The van der Waals surface area contributed by atoms with Crippen LogP contribution in [-0.4, -0.2) is 39.8 Å². The number of nitrogens with zero attached hydrogens (tertiary/aromatic N) is 4. The smallest absolute Gasteiger partial charge is 0.136 e. The summed E-state index contributed by atoms with van der Waals surface area (Å²) in [5.74, 6) is 1.60. The number of rotatable bonds is 5. The van der Waals surface area contributed by atoms with Gasteiger partial charge in [-0.1, -0.05) is 26.8 Å². The number of hydrogen-bond donors (Lipinski definition) is 0. The molecule has 1 aromatic carbocycles. The van der Waals surface area contributed by atoms with Crippen LogP contribution in [0.4, 0.5) is 4.39 Å². The van der Waals surface area contributed by atoms with E-state index in [0.717, 1.165) is 44.1 Å². The van der Waals surface area contributed by atoms with Gasteiger partial charge < -0.3 is 14.0 Å². The number of hydrogen-bond acceptors (Lipinski definition) is 5. The van der Waals surface area contributed by atoms with Gasteiger partial charge in [-0.3, -0.25) is 4.98 Å². The van der Waals surface area contributed by atoms with Crippen LogP contribution in [0.15, 0.2) is 36.8 Å². The summed E-state index contributed by atoms with van der Waals surface area (Å²) in [5.41, 5.74) is 1.95. The SMILES string of the molecule is COc1cccc(F)c1-c1cncc(-c2cn(CC3CCOCC3)c(C(C)(C)C)n2)n1. The first kappa shape index (κ1) is 21.4. The second-order valence-corrected chi connectivity index (χ2v) is 9.01. The van der Waals surface area contributed by atoms with Crippen molar-refractivity contribution in [2.75, 3.05) is 20.3 Å². The van der Waals surface area contributed by atoms with Crippen molar-refractivity contribution in [1.29, 1.82) is 0 Å². The van der Waals surface area contributed by atoms with Gasteiger partial charge in [0.2, 0.25) is 0 Å². The molecule has 0 unspecified atom stereocenters. The van der Waals surface area contributed by atoms with Crippen molar-refractivity contribution in [2.45, 2.75) is 45.6 Å². The summed E-state index contributed by atoms with van der Waals surface area (Å²) < 4.78 is 27.7. The molecule has 0 amide bonds. The molecule has 0 saturated carbocycles. The molecule has 3 heterocycles. The van der Waals surface area contributed by atoms with Crippen LogP contribution in [0.2, 0.25) is 0 Å². The third kappa shape index (κ3) is 4.61. The number of ether oxygens (including phenoxy) is 2. The molecule has 7 heteroatoms. The summed E-state index contributed by atoms with van der Waals surface area (Å²) in [5, 5.41) is 0. The van der Waals surface area contributed by atoms with Crippen LogP contribution in [0.3, 0.4) is 0 Å². The summed E-state index contributed by atoms with van der Waals surface area (Å²) >= 11 is 0. The summed E-state index contributed by atoms with van der Waals surface area (Å²) in [6.07, 6.45) is 7.37. The Morgan fingerprint density at radius 3 is 2.55 bits per heavy atom. The average molecular weight is 425 g/mol. The van der Waals surface area contributed by atoms with Crippen molar-refractivity contribution in [2.24, 2.45) is 5.92 Å². The fourth-order valence-corrected chi connectivity index (χ4v) is 4.02. The molecule has 4 rings (SSSR count). The minimum atomic E-state index is -0.397. The maximum Gasteiger partial charge on any atom is 0.136 e. The Kier molecular flexibility index (Phi) is 6.05. The molecule has 0 N–H and O–H groups in total. The monoisotopic (exact) mass is 424 g/mol.